The molecule has 0 fully saturated rings. The van der Waals surface area contributed by atoms with E-state index >= 15 is 0 Å². The van der Waals surface area contributed by atoms with Crippen molar-refractivity contribution in [2.45, 2.75) is 13.3 Å². The fraction of sp³-hybridized carbons (Fsp3) is 0.462. The molecule has 0 amide bonds. The topological polar surface area (TPSA) is 46.5 Å². The van der Waals surface area contributed by atoms with Gasteiger partial charge in [0.25, 0.3) is 0 Å². The van der Waals surface area contributed by atoms with Crippen LogP contribution in [0.1, 0.15) is 12.5 Å². The summed E-state index contributed by atoms with van der Waals surface area (Å²) in [6.45, 7) is 2.38. The van der Waals surface area contributed by atoms with Gasteiger partial charge in [0.05, 0.1) is 5.92 Å². The van der Waals surface area contributed by atoms with Crippen LogP contribution in [-0.4, -0.2) is 24.8 Å². The van der Waals surface area contributed by atoms with Crippen LogP contribution in [0, 0.1) is 11.8 Å². The van der Waals surface area contributed by atoms with Crippen LogP contribution in [0.4, 0.5) is 0 Å². The van der Waals surface area contributed by atoms with Gasteiger partial charge >= 0.3 is 5.97 Å². The van der Waals surface area contributed by atoms with E-state index in [4.69, 9.17) is 4.74 Å². The number of carbonyl (C=O) groups is 1. The molecule has 0 heterocycles. The second kappa shape index (κ2) is 6.28. The Hall–Kier alpha value is -1.35. The second-order valence-electron chi connectivity index (χ2n) is 4.07. The van der Waals surface area contributed by atoms with Gasteiger partial charge < -0.3 is 9.84 Å². The zero-order valence-corrected chi connectivity index (χ0v) is 9.72. The molecule has 0 spiro atoms. The summed E-state index contributed by atoms with van der Waals surface area (Å²) in [6, 6.07) is 9.69. The van der Waals surface area contributed by atoms with E-state index in [1.54, 1.807) is 7.11 Å². The van der Waals surface area contributed by atoms with Gasteiger partial charge in [-0.3, -0.25) is 4.79 Å². The number of aliphatic carboxylic acids is 1. The van der Waals surface area contributed by atoms with Crippen LogP contribution in [-0.2, 0) is 16.0 Å². The molecular weight excluding hydrogens is 204 g/mol. The van der Waals surface area contributed by atoms with Crippen LogP contribution in [0.5, 0.6) is 0 Å². The fourth-order valence-electron chi connectivity index (χ4n) is 1.78. The van der Waals surface area contributed by atoms with E-state index in [0.717, 1.165) is 5.56 Å². The van der Waals surface area contributed by atoms with Crippen molar-refractivity contribution in [3.8, 4) is 0 Å². The van der Waals surface area contributed by atoms with Gasteiger partial charge in [0, 0.05) is 13.7 Å². The monoisotopic (exact) mass is 222 g/mol. The minimum atomic E-state index is -0.756. The van der Waals surface area contributed by atoms with Crippen molar-refractivity contribution < 1.29 is 14.6 Å². The first-order valence-corrected chi connectivity index (χ1v) is 5.40. The van der Waals surface area contributed by atoms with Crippen LogP contribution >= 0.6 is 0 Å². The molecule has 3 nitrogen and oxygen atoms in total. The first kappa shape index (κ1) is 12.7. The molecule has 16 heavy (non-hydrogen) atoms. The number of hydrogen-bond donors (Lipinski definition) is 1. The van der Waals surface area contributed by atoms with Gasteiger partial charge in [-0.15, -0.1) is 0 Å². The number of carboxylic acid groups (broad SMARTS) is 1. The molecule has 1 rings (SSSR count). The van der Waals surface area contributed by atoms with E-state index in [0.29, 0.717) is 13.0 Å². The lowest BCUT2D eigenvalue weighted by Crippen LogP contribution is -2.26. The standard InChI is InChI=1S/C13H18O3/c1-10(9-16-2)12(13(14)15)8-11-6-4-3-5-7-11/h3-7,10,12H,8-9H2,1-2H3,(H,14,15). The van der Waals surface area contributed by atoms with Crippen molar-refractivity contribution in [1.29, 1.82) is 0 Å². The molecule has 0 saturated carbocycles. The number of hydrogen-bond acceptors (Lipinski definition) is 2. The van der Waals surface area contributed by atoms with E-state index in [2.05, 4.69) is 0 Å². The smallest absolute Gasteiger partial charge is 0.307 e. The Labute approximate surface area is 96.1 Å². The molecule has 0 radical (unpaired) electrons. The highest BCUT2D eigenvalue weighted by Crippen LogP contribution is 2.18. The van der Waals surface area contributed by atoms with Gasteiger partial charge in [-0.25, -0.2) is 0 Å². The third-order valence-corrected chi connectivity index (χ3v) is 2.73. The first-order valence-electron chi connectivity index (χ1n) is 5.40. The Morgan fingerprint density at radius 3 is 2.50 bits per heavy atom. The van der Waals surface area contributed by atoms with Crippen molar-refractivity contribution in [3.63, 3.8) is 0 Å². The maximum Gasteiger partial charge on any atom is 0.307 e. The number of methoxy groups -OCH3 is 1. The molecule has 2 unspecified atom stereocenters. The van der Waals surface area contributed by atoms with Gasteiger partial charge in [0.1, 0.15) is 0 Å². The normalized spacial score (nSPS) is 14.4. The van der Waals surface area contributed by atoms with E-state index in [-0.39, 0.29) is 11.8 Å². The summed E-state index contributed by atoms with van der Waals surface area (Å²) in [5.74, 6) is -1.13. The molecule has 0 bridgehead atoms. The molecule has 0 aliphatic heterocycles. The molecular formula is C13H18O3. The molecule has 0 aliphatic rings. The summed E-state index contributed by atoms with van der Waals surface area (Å²) in [6.07, 6.45) is 0.556. The molecule has 1 N–H and O–H groups in total. The summed E-state index contributed by atoms with van der Waals surface area (Å²) in [5, 5.41) is 9.18. The molecule has 1 aromatic rings. The van der Waals surface area contributed by atoms with Crippen molar-refractivity contribution in [2.75, 3.05) is 13.7 Å². The van der Waals surface area contributed by atoms with E-state index in [9.17, 15) is 9.90 Å². The lowest BCUT2D eigenvalue weighted by atomic mass is 9.88. The zero-order chi connectivity index (χ0) is 12.0. The molecule has 3 heteroatoms. The van der Waals surface area contributed by atoms with Crippen LogP contribution < -0.4 is 0 Å². The minimum absolute atomic E-state index is 0.0164. The lowest BCUT2D eigenvalue weighted by Gasteiger charge is -2.19. The number of carboxylic acids is 1. The highest BCUT2D eigenvalue weighted by atomic mass is 16.5. The summed E-state index contributed by atoms with van der Waals surface area (Å²) >= 11 is 0. The van der Waals surface area contributed by atoms with Gasteiger partial charge in [-0.05, 0) is 17.9 Å². The summed E-state index contributed by atoms with van der Waals surface area (Å²) in [5.41, 5.74) is 1.05. The molecule has 1 aromatic carbocycles. The highest BCUT2D eigenvalue weighted by molar-refractivity contribution is 5.70. The average molecular weight is 222 g/mol. The molecule has 0 aromatic heterocycles. The molecule has 2 atom stereocenters. The predicted molar refractivity (Wildman–Crippen MR) is 62.3 cm³/mol. The first-order chi connectivity index (χ1) is 7.65. The fourth-order valence-corrected chi connectivity index (χ4v) is 1.78. The van der Waals surface area contributed by atoms with Crippen molar-refractivity contribution in [1.82, 2.24) is 0 Å². The average Bonchev–Trinajstić information content (AvgIpc) is 2.27. The Kier molecular flexibility index (Phi) is 4.99. The van der Waals surface area contributed by atoms with Gasteiger partial charge in [-0.2, -0.15) is 0 Å². The maximum absolute atomic E-state index is 11.2. The molecule has 0 saturated heterocycles. The zero-order valence-electron chi connectivity index (χ0n) is 9.72. The molecule has 0 aliphatic carbocycles. The van der Waals surface area contributed by atoms with E-state index in [1.807, 2.05) is 37.3 Å². The predicted octanol–water partition coefficient (Wildman–Crippen LogP) is 2.21. The summed E-state index contributed by atoms with van der Waals surface area (Å²) in [4.78, 5) is 11.2. The quantitative estimate of drug-likeness (QED) is 0.802. The van der Waals surface area contributed by atoms with Gasteiger partial charge in [0.2, 0.25) is 0 Å². The SMILES string of the molecule is COCC(C)C(Cc1ccccc1)C(=O)O. The third-order valence-electron chi connectivity index (χ3n) is 2.73. The highest BCUT2D eigenvalue weighted by Gasteiger charge is 2.24. The van der Waals surface area contributed by atoms with E-state index in [1.165, 1.54) is 0 Å². The van der Waals surface area contributed by atoms with Crippen LogP contribution in [0.25, 0.3) is 0 Å². The molecule has 88 valence electrons. The Morgan fingerprint density at radius 1 is 1.38 bits per heavy atom. The van der Waals surface area contributed by atoms with Crippen LogP contribution in [0.2, 0.25) is 0 Å². The maximum atomic E-state index is 11.2. The van der Waals surface area contributed by atoms with Gasteiger partial charge in [-0.1, -0.05) is 37.3 Å². The largest absolute Gasteiger partial charge is 0.481 e. The summed E-state index contributed by atoms with van der Waals surface area (Å²) in [7, 11) is 1.60. The third kappa shape index (κ3) is 3.66. The second-order valence-corrected chi connectivity index (χ2v) is 4.07. The number of benzene rings is 1. The van der Waals surface area contributed by atoms with Crippen molar-refractivity contribution in [3.05, 3.63) is 35.9 Å². The Balaban J connectivity index is 2.69. The van der Waals surface area contributed by atoms with Crippen LogP contribution in [0.15, 0.2) is 30.3 Å². The van der Waals surface area contributed by atoms with Crippen molar-refractivity contribution in [2.24, 2.45) is 11.8 Å². The minimum Gasteiger partial charge on any atom is -0.481 e. The van der Waals surface area contributed by atoms with Crippen LogP contribution in [0.3, 0.4) is 0 Å². The number of rotatable bonds is 6. The lowest BCUT2D eigenvalue weighted by molar-refractivity contribution is -0.144. The van der Waals surface area contributed by atoms with E-state index < -0.39 is 5.97 Å². The summed E-state index contributed by atoms with van der Waals surface area (Å²) < 4.78 is 5.01. The van der Waals surface area contributed by atoms with Gasteiger partial charge in [0.15, 0.2) is 0 Å². The number of ether oxygens (including phenoxy) is 1. The Morgan fingerprint density at radius 2 is 2.00 bits per heavy atom. The Bertz CT molecular complexity index is 321. The van der Waals surface area contributed by atoms with Crippen molar-refractivity contribution >= 4 is 5.97 Å².